The SMILES string of the molecule is COc1ccccc1N1CCN(C(=O)Cc2coc(-c3ccccc3)n2)CC1. The zero-order valence-corrected chi connectivity index (χ0v) is 15.9. The summed E-state index contributed by atoms with van der Waals surface area (Å²) in [6, 6.07) is 17.7. The van der Waals surface area contributed by atoms with Crippen LogP contribution >= 0.6 is 0 Å². The van der Waals surface area contributed by atoms with Crippen LogP contribution in [0.2, 0.25) is 0 Å². The summed E-state index contributed by atoms with van der Waals surface area (Å²) in [6.07, 6.45) is 1.83. The first-order valence-electron chi connectivity index (χ1n) is 9.40. The highest BCUT2D eigenvalue weighted by molar-refractivity contribution is 5.79. The van der Waals surface area contributed by atoms with Crippen LogP contribution in [0, 0.1) is 0 Å². The molecule has 4 rings (SSSR count). The molecule has 1 aromatic heterocycles. The van der Waals surface area contributed by atoms with Crippen LogP contribution in [0.4, 0.5) is 5.69 Å². The number of rotatable bonds is 5. The quantitative estimate of drug-likeness (QED) is 0.683. The Kier molecular flexibility index (Phi) is 5.28. The first-order chi connectivity index (χ1) is 13.7. The van der Waals surface area contributed by atoms with Crippen molar-refractivity contribution in [1.82, 2.24) is 9.88 Å². The molecule has 1 saturated heterocycles. The molecule has 0 atom stereocenters. The van der Waals surface area contributed by atoms with E-state index in [0.29, 0.717) is 24.7 Å². The van der Waals surface area contributed by atoms with Gasteiger partial charge < -0.3 is 19.0 Å². The molecule has 1 fully saturated rings. The first-order valence-corrected chi connectivity index (χ1v) is 9.40. The molecule has 0 N–H and O–H groups in total. The molecule has 144 valence electrons. The van der Waals surface area contributed by atoms with Crippen molar-refractivity contribution in [3.8, 4) is 17.2 Å². The van der Waals surface area contributed by atoms with Gasteiger partial charge in [0.25, 0.3) is 0 Å². The number of nitrogens with zero attached hydrogens (tertiary/aromatic N) is 3. The van der Waals surface area contributed by atoms with E-state index in [-0.39, 0.29) is 12.3 Å². The number of hydrogen-bond donors (Lipinski definition) is 0. The van der Waals surface area contributed by atoms with Crippen molar-refractivity contribution in [3.63, 3.8) is 0 Å². The number of benzene rings is 2. The van der Waals surface area contributed by atoms with Crippen LogP contribution in [0.1, 0.15) is 5.69 Å². The average Bonchev–Trinajstić information content (AvgIpc) is 3.23. The fourth-order valence-corrected chi connectivity index (χ4v) is 3.46. The summed E-state index contributed by atoms with van der Waals surface area (Å²) < 4.78 is 11.0. The van der Waals surface area contributed by atoms with Crippen LogP contribution in [-0.4, -0.2) is 49.1 Å². The fraction of sp³-hybridized carbons (Fsp3) is 0.273. The minimum atomic E-state index is 0.0765. The largest absolute Gasteiger partial charge is 0.495 e. The second kappa shape index (κ2) is 8.17. The van der Waals surface area contributed by atoms with E-state index in [1.165, 1.54) is 0 Å². The molecule has 0 radical (unpaired) electrons. The highest BCUT2D eigenvalue weighted by Crippen LogP contribution is 2.28. The lowest BCUT2D eigenvalue weighted by Gasteiger charge is -2.36. The van der Waals surface area contributed by atoms with Gasteiger partial charge in [-0.15, -0.1) is 0 Å². The second-order valence-electron chi connectivity index (χ2n) is 6.73. The molecule has 2 aromatic carbocycles. The Morgan fingerprint density at radius 2 is 1.75 bits per heavy atom. The van der Waals surface area contributed by atoms with Crippen LogP contribution in [0.3, 0.4) is 0 Å². The molecular weight excluding hydrogens is 354 g/mol. The zero-order chi connectivity index (χ0) is 19.3. The summed E-state index contributed by atoms with van der Waals surface area (Å²) in [6.45, 7) is 2.92. The summed E-state index contributed by atoms with van der Waals surface area (Å²) >= 11 is 0. The van der Waals surface area contributed by atoms with Crippen molar-refractivity contribution >= 4 is 11.6 Å². The molecule has 0 spiro atoms. The number of ether oxygens (including phenoxy) is 1. The van der Waals surface area contributed by atoms with Gasteiger partial charge in [0.15, 0.2) is 0 Å². The Morgan fingerprint density at radius 1 is 1.04 bits per heavy atom. The van der Waals surface area contributed by atoms with Crippen molar-refractivity contribution in [2.24, 2.45) is 0 Å². The Hall–Kier alpha value is -3.28. The minimum Gasteiger partial charge on any atom is -0.495 e. The van der Waals surface area contributed by atoms with Gasteiger partial charge in [-0.05, 0) is 24.3 Å². The predicted molar refractivity (Wildman–Crippen MR) is 107 cm³/mol. The molecule has 1 aliphatic rings. The van der Waals surface area contributed by atoms with Crippen LogP contribution in [0.5, 0.6) is 5.75 Å². The first kappa shape index (κ1) is 18.1. The molecule has 0 unspecified atom stereocenters. The van der Waals surface area contributed by atoms with Gasteiger partial charge >= 0.3 is 0 Å². The fourth-order valence-electron chi connectivity index (χ4n) is 3.46. The number of anilines is 1. The molecule has 2 heterocycles. The maximum Gasteiger partial charge on any atom is 0.228 e. The number of hydrogen-bond acceptors (Lipinski definition) is 5. The number of amides is 1. The molecule has 28 heavy (non-hydrogen) atoms. The van der Waals surface area contributed by atoms with E-state index in [0.717, 1.165) is 30.1 Å². The van der Waals surface area contributed by atoms with Gasteiger partial charge in [0.05, 0.1) is 24.9 Å². The second-order valence-corrected chi connectivity index (χ2v) is 6.73. The van der Waals surface area contributed by atoms with Gasteiger partial charge in [0.2, 0.25) is 11.8 Å². The number of carbonyl (C=O) groups excluding carboxylic acids is 1. The number of carbonyl (C=O) groups is 1. The normalized spacial score (nSPS) is 14.2. The Morgan fingerprint density at radius 3 is 2.50 bits per heavy atom. The van der Waals surface area contributed by atoms with Gasteiger partial charge in [-0.25, -0.2) is 4.98 Å². The average molecular weight is 377 g/mol. The molecule has 6 nitrogen and oxygen atoms in total. The van der Waals surface area contributed by atoms with E-state index >= 15 is 0 Å². The minimum absolute atomic E-state index is 0.0765. The lowest BCUT2D eigenvalue weighted by atomic mass is 10.2. The van der Waals surface area contributed by atoms with Crippen LogP contribution in [-0.2, 0) is 11.2 Å². The molecule has 3 aromatic rings. The summed E-state index contributed by atoms with van der Waals surface area (Å²) in [5.41, 5.74) is 2.64. The Balaban J connectivity index is 1.35. The summed E-state index contributed by atoms with van der Waals surface area (Å²) in [4.78, 5) is 21.3. The molecule has 0 bridgehead atoms. The maximum absolute atomic E-state index is 12.7. The summed E-state index contributed by atoms with van der Waals surface area (Å²) in [5.74, 6) is 1.48. The van der Waals surface area contributed by atoms with Crippen LogP contribution in [0.15, 0.2) is 65.3 Å². The van der Waals surface area contributed by atoms with Gasteiger partial charge in [-0.1, -0.05) is 30.3 Å². The van der Waals surface area contributed by atoms with Gasteiger partial charge in [0.1, 0.15) is 12.0 Å². The maximum atomic E-state index is 12.7. The monoisotopic (exact) mass is 377 g/mol. The third-order valence-electron chi connectivity index (χ3n) is 4.96. The van der Waals surface area contributed by atoms with Crippen molar-refractivity contribution in [2.45, 2.75) is 6.42 Å². The highest BCUT2D eigenvalue weighted by atomic mass is 16.5. The van der Waals surface area contributed by atoms with Crippen LogP contribution < -0.4 is 9.64 Å². The van der Waals surface area contributed by atoms with E-state index in [9.17, 15) is 4.79 Å². The third-order valence-corrected chi connectivity index (χ3v) is 4.96. The topological polar surface area (TPSA) is 58.8 Å². The molecule has 1 amide bonds. The molecule has 1 aliphatic heterocycles. The predicted octanol–water partition coefficient (Wildman–Crippen LogP) is 3.24. The van der Waals surface area contributed by atoms with E-state index in [1.807, 2.05) is 53.4 Å². The summed E-state index contributed by atoms with van der Waals surface area (Å²) in [7, 11) is 1.68. The van der Waals surface area contributed by atoms with Crippen molar-refractivity contribution < 1.29 is 13.9 Å². The van der Waals surface area contributed by atoms with E-state index in [4.69, 9.17) is 9.15 Å². The van der Waals surface area contributed by atoms with Crippen molar-refractivity contribution in [3.05, 3.63) is 66.6 Å². The van der Waals surface area contributed by atoms with Gasteiger partial charge in [-0.2, -0.15) is 0 Å². The van der Waals surface area contributed by atoms with Gasteiger partial charge in [0, 0.05) is 31.7 Å². The Labute approximate surface area is 164 Å². The number of piperazine rings is 1. The Bertz CT molecular complexity index is 931. The van der Waals surface area contributed by atoms with Gasteiger partial charge in [-0.3, -0.25) is 4.79 Å². The smallest absolute Gasteiger partial charge is 0.228 e. The third kappa shape index (κ3) is 3.86. The standard InChI is InChI=1S/C22H23N3O3/c1-27-20-10-6-5-9-19(20)24-11-13-25(14-12-24)21(26)15-18-16-28-22(23-18)17-7-3-2-4-8-17/h2-10,16H,11-15H2,1H3. The molecule has 0 aliphatic carbocycles. The summed E-state index contributed by atoms with van der Waals surface area (Å²) in [5, 5.41) is 0. The lowest BCUT2D eigenvalue weighted by molar-refractivity contribution is -0.130. The van der Waals surface area contributed by atoms with Crippen molar-refractivity contribution in [1.29, 1.82) is 0 Å². The highest BCUT2D eigenvalue weighted by Gasteiger charge is 2.23. The zero-order valence-electron chi connectivity index (χ0n) is 15.9. The lowest BCUT2D eigenvalue weighted by Crippen LogP contribution is -2.49. The number of aromatic nitrogens is 1. The van der Waals surface area contributed by atoms with Crippen molar-refractivity contribution in [2.75, 3.05) is 38.2 Å². The number of para-hydroxylation sites is 2. The van der Waals surface area contributed by atoms with E-state index in [1.54, 1.807) is 13.4 Å². The molecule has 6 heteroatoms. The van der Waals surface area contributed by atoms with E-state index in [2.05, 4.69) is 16.0 Å². The number of oxazole rings is 1. The molecule has 0 saturated carbocycles. The van der Waals surface area contributed by atoms with E-state index < -0.39 is 0 Å². The van der Waals surface area contributed by atoms with Crippen LogP contribution in [0.25, 0.3) is 11.5 Å². The number of methoxy groups -OCH3 is 1. The molecular formula is C22H23N3O3.